The van der Waals surface area contributed by atoms with Gasteiger partial charge in [0.05, 0.1) is 0 Å². The number of hydrogen-bond donors (Lipinski definition) is 2. The van der Waals surface area contributed by atoms with E-state index in [-0.39, 0.29) is 6.03 Å². The van der Waals surface area contributed by atoms with Gasteiger partial charge in [0.25, 0.3) is 0 Å². The molecule has 0 spiro atoms. The van der Waals surface area contributed by atoms with Gasteiger partial charge in [0.1, 0.15) is 0 Å². The first kappa shape index (κ1) is 40.5. The number of hydrogen-bond acceptors (Lipinski definition) is 1. The van der Waals surface area contributed by atoms with Gasteiger partial charge in [-0.3, -0.25) is 0 Å². The lowest BCUT2D eigenvalue weighted by molar-refractivity contribution is 0.247. The Kier molecular flexibility index (Phi) is 34.4. The standard InChI is InChI=1S/C39H74N2O/c1-4-7-9-11-13-15-17-19-20-21-23-25-27-29-31-33-36-40-39(42)41-37-35-38(6-3)34-32-30-28-26-24-22-18-16-14-12-10-8-5-2/h6,33,35-37H,4-5,7-32,34H2,1-3H3,(H2,40,41,42). The van der Waals surface area contributed by atoms with Gasteiger partial charge in [-0.25, -0.2) is 4.79 Å². The third kappa shape index (κ3) is 33.0. The smallest absolute Gasteiger partial charge is 0.315 e. The summed E-state index contributed by atoms with van der Waals surface area (Å²) in [7, 11) is 0. The van der Waals surface area contributed by atoms with Crippen LogP contribution in [0.1, 0.15) is 207 Å². The molecule has 0 saturated carbocycles. The zero-order valence-electron chi connectivity index (χ0n) is 28.8. The SMILES string of the molecule is CC=C(C=CNC(=O)NC=CCCCCCCCCCCCCCCCC)CCCCCCCCCCCCCCC. The van der Waals surface area contributed by atoms with Crippen molar-refractivity contribution < 1.29 is 4.79 Å². The van der Waals surface area contributed by atoms with Crippen molar-refractivity contribution in [3.63, 3.8) is 0 Å². The number of urea groups is 1. The molecule has 0 aromatic carbocycles. The van der Waals surface area contributed by atoms with E-state index in [9.17, 15) is 4.79 Å². The molecule has 0 aromatic rings. The third-order valence-electron chi connectivity index (χ3n) is 8.51. The van der Waals surface area contributed by atoms with Gasteiger partial charge in [-0.1, -0.05) is 192 Å². The highest BCUT2D eigenvalue weighted by Crippen LogP contribution is 2.16. The van der Waals surface area contributed by atoms with E-state index in [2.05, 4.69) is 43.6 Å². The lowest BCUT2D eigenvalue weighted by atomic mass is 10.0. The number of amides is 2. The molecule has 0 aliphatic heterocycles. The monoisotopic (exact) mass is 587 g/mol. The molecule has 3 nitrogen and oxygen atoms in total. The molecule has 0 saturated heterocycles. The van der Waals surface area contributed by atoms with Crippen LogP contribution in [0.5, 0.6) is 0 Å². The van der Waals surface area contributed by atoms with Crippen LogP contribution in [0.2, 0.25) is 0 Å². The first-order valence-corrected chi connectivity index (χ1v) is 18.8. The molecule has 0 aromatic heterocycles. The minimum Gasteiger partial charge on any atom is -0.315 e. The summed E-state index contributed by atoms with van der Waals surface area (Å²) >= 11 is 0. The van der Waals surface area contributed by atoms with Gasteiger partial charge in [-0.05, 0) is 38.7 Å². The van der Waals surface area contributed by atoms with Crippen molar-refractivity contribution in [3.8, 4) is 0 Å². The zero-order valence-corrected chi connectivity index (χ0v) is 28.8. The van der Waals surface area contributed by atoms with Crippen LogP contribution >= 0.6 is 0 Å². The van der Waals surface area contributed by atoms with Crippen LogP contribution in [0.25, 0.3) is 0 Å². The predicted octanol–water partition coefficient (Wildman–Crippen LogP) is 13.6. The van der Waals surface area contributed by atoms with E-state index < -0.39 is 0 Å². The summed E-state index contributed by atoms with van der Waals surface area (Å²) in [6.45, 7) is 6.66. The summed E-state index contributed by atoms with van der Waals surface area (Å²) in [4.78, 5) is 12.0. The number of nitrogens with one attached hydrogen (secondary N) is 2. The maximum Gasteiger partial charge on any atom is 0.322 e. The van der Waals surface area contributed by atoms with E-state index in [0.29, 0.717) is 0 Å². The second-order valence-corrected chi connectivity index (χ2v) is 12.6. The Bertz CT molecular complexity index is 636. The topological polar surface area (TPSA) is 41.1 Å². The van der Waals surface area contributed by atoms with Crippen LogP contribution in [-0.2, 0) is 0 Å². The molecule has 0 fully saturated rings. The number of carbonyl (C=O) groups excluding carboxylic acids is 1. The molecule has 0 bridgehead atoms. The molecule has 0 unspecified atom stereocenters. The fraction of sp³-hybridized carbons (Fsp3) is 0.821. The van der Waals surface area contributed by atoms with Gasteiger partial charge in [-0.2, -0.15) is 0 Å². The molecular weight excluding hydrogens is 512 g/mol. The van der Waals surface area contributed by atoms with Crippen LogP contribution < -0.4 is 10.6 Å². The third-order valence-corrected chi connectivity index (χ3v) is 8.51. The Morgan fingerprint density at radius 3 is 1.24 bits per heavy atom. The first-order chi connectivity index (χ1) is 20.7. The molecule has 0 radical (unpaired) electrons. The van der Waals surface area contributed by atoms with E-state index in [1.807, 2.05) is 6.08 Å². The van der Waals surface area contributed by atoms with Crippen molar-refractivity contribution in [2.45, 2.75) is 207 Å². The van der Waals surface area contributed by atoms with Gasteiger partial charge in [0.2, 0.25) is 0 Å². The molecule has 246 valence electrons. The van der Waals surface area contributed by atoms with Crippen LogP contribution in [-0.4, -0.2) is 6.03 Å². The van der Waals surface area contributed by atoms with Crippen molar-refractivity contribution in [1.82, 2.24) is 10.6 Å². The molecule has 3 heteroatoms. The molecule has 0 rings (SSSR count). The average molecular weight is 587 g/mol. The molecule has 2 amide bonds. The Morgan fingerprint density at radius 2 is 0.833 bits per heavy atom. The highest BCUT2D eigenvalue weighted by Gasteiger charge is 1.97. The van der Waals surface area contributed by atoms with Crippen molar-refractivity contribution in [2.24, 2.45) is 0 Å². The summed E-state index contributed by atoms with van der Waals surface area (Å²) in [6, 6.07) is -0.167. The molecule has 42 heavy (non-hydrogen) atoms. The minimum absolute atomic E-state index is 0.167. The summed E-state index contributed by atoms with van der Waals surface area (Å²) in [5.74, 6) is 0. The molecule has 0 atom stereocenters. The first-order valence-electron chi connectivity index (χ1n) is 18.8. The van der Waals surface area contributed by atoms with Crippen LogP contribution in [0, 0.1) is 0 Å². The van der Waals surface area contributed by atoms with E-state index in [4.69, 9.17) is 0 Å². The second-order valence-electron chi connectivity index (χ2n) is 12.6. The highest BCUT2D eigenvalue weighted by molar-refractivity contribution is 5.75. The van der Waals surface area contributed by atoms with Gasteiger partial charge in [-0.15, -0.1) is 0 Å². The van der Waals surface area contributed by atoms with Gasteiger partial charge < -0.3 is 10.6 Å². The molecule has 0 aliphatic carbocycles. The summed E-state index contributed by atoms with van der Waals surface area (Å²) in [5, 5.41) is 5.65. The number of allylic oxidation sites excluding steroid dienone is 4. The van der Waals surface area contributed by atoms with Gasteiger partial charge >= 0.3 is 6.03 Å². The van der Waals surface area contributed by atoms with E-state index >= 15 is 0 Å². The van der Waals surface area contributed by atoms with Gasteiger partial charge in [0, 0.05) is 12.4 Å². The lowest BCUT2D eigenvalue weighted by Gasteiger charge is -2.04. The Balaban J connectivity index is 3.52. The van der Waals surface area contributed by atoms with E-state index in [1.165, 1.54) is 179 Å². The fourth-order valence-electron chi connectivity index (χ4n) is 5.61. The van der Waals surface area contributed by atoms with Crippen molar-refractivity contribution in [1.29, 1.82) is 0 Å². The van der Waals surface area contributed by atoms with Crippen LogP contribution in [0.3, 0.4) is 0 Å². The Labute approximate surface area is 264 Å². The normalized spacial score (nSPS) is 12.1. The predicted molar refractivity (Wildman–Crippen MR) is 189 cm³/mol. The Hall–Kier alpha value is -1.51. The molecular formula is C39H74N2O. The van der Waals surface area contributed by atoms with E-state index in [1.54, 1.807) is 12.4 Å². The summed E-state index contributed by atoms with van der Waals surface area (Å²) < 4.78 is 0. The minimum atomic E-state index is -0.167. The molecule has 0 aliphatic rings. The number of rotatable bonds is 32. The fourth-order valence-corrected chi connectivity index (χ4v) is 5.61. The maximum atomic E-state index is 12.0. The van der Waals surface area contributed by atoms with Crippen LogP contribution in [0.15, 0.2) is 36.2 Å². The lowest BCUT2D eigenvalue weighted by Crippen LogP contribution is -2.27. The molecule has 2 N–H and O–H groups in total. The number of carbonyl (C=O) groups is 1. The second kappa shape index (κ2) is 35.7. The van der Waals surface area contributed by atoms with Crippen molar-refractivity contribution >= 4 is 6.03 Å². The summed E-state index contributed by atoms with van der Waals surface area (Å²) in [5.41, 5.74) is 1.30. The van der Waals surface area contributed by atoms with E-state index in [0.717, 1.165) is 12.8 Å². The quantitative estimate of drug-likeness (QED) is 0.0597. The van der Waals surface area contributed by atoms with Crippen molar-refractivity contribution in [3.05, 3.63) is 36.2 Å². The number of unbranched alkanes of at least 4 members (excludes halogenated alkanes) is 26. The Morgan fingerprint density at radius 1 is 0.476 bits per heavy atom. The van der Waals surface area contributed by atoms with Crippen LogP contribution in [0.4, 0.5) is 4.79 Å². The molecule has 0 heterocycles. The van der Waals surface area contributed by atoms with Crippen molar-refractivity contribution in [2.75, 3.05) is 0 Å². The average Bonchev–Trinajstić information content (AvgIpc) is 3.00. The largest absolute Gasteiger partial charge is 0.322 e. The maximum absolute atomic E-state index is 12.0. The zero-order chi connectivity index (χ0) is 30.6. The summed E-state index contributed by atoms with van der Waals surface area (Å²) in [6.07, 6.45) is 49.4. The van der Waals surface area contributed by atoms with Gasteiger partial charge in [0.15, 0.2) is 0 Å². The highest BCUT2D eigenvalue weighted by atomic mass is 16.2.